The molecule has 2 aromatic carbocycles. The zero-order valence-corrected chi connectivity index (χ0v) is 20.8. The van der Waals surface area contributed by atoms with Crippen molar-refractivity contribution in [1.82, 2.24) is 10.9 Å². The first kappa shape index (κ1) is 24.7. The summed E-state index contributed by atoms with van der Waals surface area (Å²) in [5.41, 5.74) is 13.7. The van der Waals surface area contributed by atoms with Gasteiger partial charge in [0, 0.05) is 29.7 Å². The second-order valence-corrected chi connectivity index (χ2v) is 11.2. The zero-order valence-electron chi connectivity index (χ0n) is 20.8. The van der Waals surface area contributed by atoms with Gasteiger partial charge in [0.25, 0.3) is 0 Å². The first-order chi connectivity index (χ1) is 15.2. The predicted molar refractivity (Wildman–Crippen MR) is 132 cm³/mol. The number of phenols is 1. The van der Waals surface area contributed by atoms with Crippen molar-refractivity contribution in [3.8, 4) is 17.2 Å². The molecular formula is C26H38N4O3. The lowest BCUT2D eigenvalue weighted by Crippen LogP contribution is -2.41. The molecule has 1 unspecified atom stereocenters. The third-order valence-electron chi connectivity index (χ3n) is 5.81. The summed E-state index contributed by atoms with van der Waals surface area (Å²) in [5, 5.41) is 18.4. The van der Waals surface area contributed by atoms with Crippen LogP contribution < -0.4 is 26.1 Å². The number of rotatable bonds is 6. The average molecular weight is 455 g/mol. The van der Waals surface area contributed by atoms with Crippen molar-refractivity contribution in [2.75, 3.05) is 6.61 Å². The number of phenolic OH excluding ortho intramolecular Hbond substituents is 1. The molecule has 33 heavy (non-hydrogen) atoms. The Balaban J connectivity index is 1.76. The number of hydrogen-bond acceptors (Lipinski definition) is 5. The molecule has 3 rings (SSSR count). The van der Waals surface area contributed by atoms with Crippen molar-refractivity contribution in [2.24, 2.45) is 5.73 Å². The number of hydrazine groups is 1. The van der Waals surface area contributed by atoms with Gasteiger partial charge in [0.15, 0.2) is 5.96 Å². The molecule has 2 aromatic rings. The SMILES string of the molecule is CC1(COc2ccc(CNNC(=N)N)cc2)Cc2c(cc(C(C)(C)C)c(O)c2C(C)(C)C)O1. The van der Waals surface area contributed by atoms with E-state index >= 15 is 0 Å². The predicted octanol–water partition coefficient (Wildman–Crippen LogP) is 4.25. The molecule has 1 atom stereocenters. The minimum absolute atomic E-state index is 0.127. The van der Waals surface area contributed by atoms with Gasteiger partial charge in [-0.25, -0.2) is 5.43 Å². The van der Waals surface area contributed by atoms with Crippen LogP contribution in [0, 0.1) is 5.41 Å². The maximum absolute atomic E-state index is 11.2. The van der Waals surface area contributed by atoms with Gasteiger partial charge < -0.3 is 20.3 Å². The van der Waals surface area contributed by atoms with E-state index in [4.69, 9.17) is 20.6 Å². The monoisotopic (exact) mass is 454 g/mol. The van der Waals surface area contributed by atoms with Crippen molar-refractivity contribution < 1.29 is 14.6 Å². The van der Waals surface area contributed by atoms with Crippen LogP contribution in [0.3, 0.4) is 0 Å². The molecule has 1 aliphatic heterocycles. The number of benzene rings is 2. The zero-order chi connectivity index (χ0) is 24.6. The van der Waals surface area contributed by atoms with Crippen molar-refractivity contribution >= 4 is 5.96 Å². The van der Waals surface area contributed by atoms with Crippen molar-refractivity contribution in [2.45, 2.75) is 77.9 Å². The number of ether oxygens (including phenoxy) is 2. The van der Waals surface area contributed by atoms with Gasteiger partial charge in [-0.05, 0) is 41.5 Å². The largest absolute Gasteiger partial charge is 0.507 e. The lowest BCUT2D eigenvalue weighted by atomic mass is 9.76. The molecule has 0 fully saturated rings. The number of guanidine groups is 1. The standard InChI is InChI=1S/C26H38N4O3/c1-24(2,3)19-12-20-18(21(22(19)31)25(4,5)6)13-26(7,33-20)15-32-17-10-8-16(9-11-17)14-29-30-23(27)28/h8-12,29,31H,13-15H2,1-7H3,(H4,27,28,30). The summed E-state index contributed by atoms with van der Waals surface area (Å²) in [6, 6.07) is 9.76. The van der Waals surface area contributed by atoms with Gasteiger partial charge in [-0.15, -0.1) is 0 Å². The highest BCUT2D eigenvalue weighted by atomic mass is 16.5. The van der Waals surface area contributed by atoms with E-state index in [1.807, 2.05) is 30.3 Å². The minimum Gasteiger partial charge on any atom is -0.507 e. The summed E-state index contributed by atoms with van der Waals surface area (Å²) in [5.74, 6) is 1.85. The highest BCUT2D eigenvalue weighted by Gasteiger charge is 2.41. The molecule has 0 amide bonds. The van der Waals surface area contributed by atoms with Gasteiger partial charge in [0.2, 0.25) is 0 Å². The first-order valence-corrected chi connectivity index (χ1v) is 11.3. The second kappa shape index (κ2) is 8.78. The fraction of sp³-hybridized carbons (Fsp3) is 0.500. The maximum atomic E-state index is 11.2. The quantitative estimate of drug-likeness (QED) is 0.253. The van der Waals surface area contributed by atoms with Gasteiger partial charge in [0.1, 0.15) is 29.5 Å². The number of hydrogen-bond donors (Lipinski definition) is 5. The Hall–Kier alpha value is -2.93. The fourth-order valence-corrected chi connectivity index (χ4v) is 4.27. The van der Waals surface area contributed by atoms with Crippen molar-refractivity contribution in [3.63, 3.8) is 0 Å². The Morgan fingerprint density at radius 2 is 1.79 bits per heavy atom. The van der Waals surface area contributed by atoms with E-state index < -0.39 is 5.60 Å². The Kier molecular flexibility index (Phi) is 6.58. The normalized spacial score (nSPS) is 17.9. The molecule has 0 bridgehead atoms. The smallest absolute Gasteiger partial charge is 0.200 e. The van der Waals surface area contributed by atoms with Crippen LogP contribution in [-0.2, 0) is 23.8 Å². The Morgan fingerprint density at radius 1 is 1.15 bits per heavy atom. The summed E-state index contributed by atoms with van der Waals surface area (Å²) in [6.07, 6.45) is 0.672. The Labute approximate surface area is 197 Å². The number of fused-ring (bicyclic) bond motifs is 1. The molecule has 1 heterocycles. The van der Waals surface area contributed by atoms with Crippen molar-refractivity contribution in [3.05, 3.63) is 52.6 Å². The van der Waals surface area contributed by atoms with Gasteiger partial charge in [-0.2, -0.15) is 0 Å². The van der Waals surface area contributed by atoms with Crippen LogP contribution in [0.15, 0.2) is 30.3 Å². The summed E-state index contributed by atoms with van der Waals surface area (Å²) in [6.45, 7) is 15.7. The average Bonchev–Trinajstić information content (AvgIpc) is 3.00. The van der Waals surface area contributed by atoms with Crippen LogP contribution in [0.2, 0.25) is 0 Å². The van der Waals surface area contributed by atoms with E-state index in [1.54, 1.807) is 0 Å². The van der Waals surface area contributed by atoms with E-state index in [2.05, 4.69) is 59.3 Å². The molecule has 7 heteroatoms. The van der Waals surface area contributed by atoms with Crippen LogP contribution in [0.25, 0.3) is 0 Å². The van der Waals surface area contributed by atoms with E-state index in [-0.39, 0.29) is 16.8 Å². The highest BCUT2D eigenvalue weighted by Crippen LogP contribution is 2.49. The summed E-state index contributed by atoms with van der Waals surface area (Å²) >= 11 is 0. The molecule has 6 N–H and O–H groups in total. The molecule has 0 spiro atoms. The highest BCUT2D eigenvalue weighted by molar-refractivity contribution is 5.73. The Bertz CT molecular complexity index is 1020. The first-order valence-electron chi connectivity index (χ1n) is 11.3. The lowest BCUT2D eigenvalue weighted by Gasteiger charge is -2.29. The summed E-state index contributed by atoms with van der Waals surface area (Å²) in [7, 11) is 0. The van der Waals surface area contributed by atoms with Crippen LogP contribution in [0.1, 0.15) is 70.7 Å². The third kappa shape index (κ3) is 5.71. The third-order valence-corrected chi connectivity index (χ3v) is 5.81. The van der Waals surface area contributed by atoms with Crippen LogP contribution in [0.4, 0.5) is 0 Å². The topological polar surface area (TPSA) is 113 Å². The van der Waals surface area contributed by atoms with Gasteiger partial charge in [0.05, 0.1) is 0 Å². The van der Waals surface area contributed by atoms with E-state index in [1.165, 1.54) is 0 Å². The molecule has 0 aliphatic carbocycles. The minimum atomic E-state index is -0.531. The van der Waals surface area contributed by atoms with E-state index in [9.17, 15) is 5.11 Å². The number of aromatic hydroxyl groups is 1. The lowest BCUT2D eigenvalue weighted by molar-refractivity contribution is 0.0557. The molecule has 180 valence electrons. The number of nitrogens with two attached hydrogens (primary N) is 1. The summed E-state index contributed by atoms with van der Waals surface area (Å²) in [4.78, 5) is 0. The molecule has 0 saturated carbocycles. The fourth-order valence-electron chi connectivity index (χ4n) is 4.27. The van der Waals surface area contributed by atoms with Crippen LogP contribution in [0.5, 0.6) is 17.2 Å². The molecule has 7 nitrogen and oxygen atoms in total. The molecule has 0 saturated heterocycles. The summed E-state index contributed by atoms with van der Waals surface area (Å²) < 4.78 is 12.6. The molecule has 0 radical (unpaired) electrons. The van der Waals surface area contributed by atoms with E-state index in [0.29, 0.717) is 25.3 Å². The number of nitrogens with one attached hydrogen (secondary N) is 3. The maximum Gasteiger partial charge on any atom is 0.200 e. The van der Waals surface area contributed by atoms with Crippen LogP contribution >= 0.6 is 0 Å². The van der Waals surface area contributed by atoms with Gasteiger partial charge in [-0.1, -0.05) is 53.7 Å². The Morgan fingerprint density at radius 3 is 2.33 bits per heavy atom. The van der Waals surface area contributed by atoms with Gasteiger partial charge in [-0.3, -0.25) is 10.8 Å². The van der Waals surface area contributed by atoms with Gasteiger partial charge >= 0.3 is 0 Å². The van der Waals surface area contributed by atoms with Crippen LogP contribution in [-0.4, -0.2) is 23.3 Å². The molecular weight excluding hydrogens is 416 g/mol. The van der Waals surface area contributed by atoms with Crippen molar-refractivity contribution in [1.29, 1.82) is 5.41 Å². The molecule has 1 aliphatic rings. The molecule has 0 aromatic heterocycles. The van der Waals surface area contributed by atoms with E-state index in [0.717, 1.165) is 33.8 Å². The second-order valence-electron chi connectivity index (χ2n) is 11.2.